The predicted octanol–water partition coefficient (Wildman–Crippen LogP) is 5.10. The van der Waals surface area contributed by atoms with E-state index >= 15 is 0 Å². The number of nitrogens with zero attached hydrogens (tertiary/aromatic N) is 2. The highest BCUT2D eigenvalue weighted by Gasteiger charge is 2.47. The molecule has 0 spiro atoms. The summed E-state index contributed by atoms with van der Waals surface area (Å²) >= 11 is 0. The number of aryl methyl sites for hydroxylation is 2. The first kappa shape index (κ1) is 32.8. The highest BCUT2D eigenvalue weighted by Crippen LogP contribution is 2.65. The molecule has 3 radical (unpaired) electrons. The van der Waals surface area contributed by atoms with Gasteiger partial charge >= 0.3 is 0 Å². The SMILES string of the molecule is [B-][P+]1(c2ccccc2P2[C@H](C)CN(S(=O)(=O)c3ccc(C)cc3)C[C@H]2C)[C@H](C)CN(S(=O)(=O)c2ccc(C)cc2)C[C@H]1C. The first-order valence-electron chi connectivity index (χ1n) is 14.9. The molecule has 11 heteroatoms. The smallest absolute Gasteiger partial charge is 0.243 e. The van der Waals surface area contributed by atoms with Gasteiger partial charge in [0.05, 0.1) is 15.1 Å². The first-order valence-corrected chi connectivity index (χ1v) is 21.2. The minimum Gasteiger partial charge on any atom is -0.298 e. The molecular weight excluding hydrogens is 613 g/mol. The molecule has 0 bridgehead atoms. The summed E-state index contributed by atoms with van der Waals surface area (Å²) in [6.07, 6.45) is 0. The van der Waals surface area contributed by atoms with Crippen LogP contribution in [0.15, 0.2) is 82.6 Å². The van der Waals surface area contributed by atoms with Crippen molar-refractivity contribution in [2.45, 2.75) is 74.0 Å². The van der Waals surface area contributed by atoms with Crippen molar-refractivity contribution < 1.29 is 16.8 Å². The van der Waals surface area contributed by atoms with Crippen molar-refractivity contribution in [2.75, 3.05) is 26.2 Å². The van der Waals surface area contributed by atoms with Crippen LogP contribution in [0.25, 0.3) is 0 Å². The van der Waals surface area contributed by atoms with Crippen molar-refractivity contribution in [2.24, 2.45) is 0 Å². The third-order valence-corrected chi connectivity index (χ3v) is 20.7. The van der Waals surface area contributed by atoms with E-state index in [1.54, 1.807) is 32.9 Å². The first-order chi connectivity index (χ1) is 20.2. The molecule has 2 heterocycles. The zero-order valence-corrected chi connectivity index (χ0v) is 29.3. The van der Waals surface area contributed by atoms with Gasteiger partial charge in [-0.15, -0.1) is 0 Å². The lowest BCUT2D eigenvalue weighted by atomic mass is 10.2. The van der Waals surface area contributed by atoms with Crippen LogP contribution in [0.5, 0.6) is 0 Å². The molecule has 2 aliphatic rings. The van der Waals surface area contributed by atoms with Crippen molar-refractivity contribution in [1.82, 2.24) is 8.61 Å². The Labute approximate surface area is 261 Å². The predicted molar refractivity (Wildman–Crippen MR) is 183 cm³/mol. The summed E-state index contributed by atoms with van der Waals surface area (Å²) in [6.45, 7) is 14.1. The van der Waals surface area contributed by atoms with Crippen LogP contribution in [0.3, 0.4) is 0 Å². The maximum absolute atomic E-state index is 13.6. The van der Waals surface area contributed by atoms with E-state index in [1.807, 2.05) is 44.2 Å². The molecule has 2 aliphatic heterocycles. The lowest BCUT2D eigenvalue weighted by Crippen LogP contribution is -2.53. The number of sulfonamides is 2. The second-order valence-corrected chi connectivity index (χ2v) is 23.2. The maximum atomic E-state index is 13.6. The fourth-order valence-electron chi connectivity index (χ4n) is 6.71. The van der Waals surface area contributed by atoms with Gasteiger partial charge in [0.1, 0.15) is 0 Å². The van der Waals surface area contributed by atoms with E-state index < -0.39 is 35.1 Å². The maximum Gasteiger partial charge on any atom is 0.243 e. The Hall–Kier alpha value is -1.60. The van der Waals surface area contributed by atoms with E-state index in [9.17, 15) is 16.8 Å². The number of rotatable bonds is 6. The van der Waals surface area contributed by atoms with E-state index in [1.165, 1.54) is 10.6 Å². The van der Waals surface area contributed by atoms with Crippen molar-refractivity contribution in [3.05, 3.63) is 83.9 Å². The molecule has 2 saturated heterocycles. The van der Waals surface area contributed by atoms with Gasteiger partial charge in [-0.05, 0) is 69.3 Å². The molecular formula is C32H42BN2O4P2S2. The van der Waals surface area contributed by atoms with Crippen LogP contribution in [0.4, 0.5) is 0 Å². The van der Waals surface area contributed by atoms with Gasteiger partial charge in [0.25, 0.3) is 0 Å². The molecule has 0 N–H and O–H groups in total. The molecule has 4 atom stereocenters. The molecule has 3 aromatic carbocycles. The Morgan fingerprint density at radius 2 is 1.05 bits per heavy atom. The van der Waals surface area contributed by atoms with Crippen LogP contribution in [0.1, 0.15) is 38.8 Å². The summed E-state index contributed by atoms with van der Waals surface area (Å²) in [7, 11) is -2.72. The second-order valence-electron chi connectivity index (χ2n) is 12.4. The van der Waals surface area contributed by atoms with Crippen LogP contribution in [-0.2, 0) is 20.0 Å². The van der Waals surface area contributed by atoms with Gasteiger partial charge < -0.3 is 0 Å². The van der Waals surface area contributed by atoms with Gasteiger partial charge in [0, 0.05) is 42.8 Å². The average molecular weight is 656 g/mol. The summed E-state index contributed by atoms with van der Waals surface area (Å²) in [5, 5.41) is 2.44. The highest BCUT2D eigenvalue weighted by molar-refractivity contribution is 8.05. The molecule has 0 saturated carbocycles. The minimum atomic E-state index is -3.63. The number of hydrogen-bond acceptors (Lipinski definition) is 4. The fourth-order valence-corrected chi connectivity index (χ4v) is 18.0. The van der Waals surface area contributed by atoms with E-state index in [2.05, 4.69) is 45.9 Å². The lowest BCUT2D eigenvalue weighted by molar-refractivity contribution is 0.398. The molecule has 5 rings (SSSR count). The molecule has 43 heavy (non-hydrogen) atoms. The van der Waals surface area contributed by atoms with Crippen molar-refractivity contribution in [1.29, 1.82) is 0 Å². The van der Waals surface area contributed by atoms with Gasteiger partial charge in [0.15, 0.2) is 0 Å². The van der Waals surface area contributed by atoms with Crippen molar-refractivity contribution in [3.8, 4) is 0 Å². The second kappa shape index (κ2) is 12.3. The number of benzene rings is 3. The van der Waals surface area contributed by atoms with Gasteiger partial charge in [-0.3, -0.25) is 7.57 Å². The Morgan fingerprint density at radius 1 is 0.651 bits per heavy atom. The van der Waals surface area contributed by atoms with E-state index in [4.69, 9.17) is 7.57 Å². The van der Waals surface area contributed by atoms with Gasteiger partial charge in [0.2, 0.25) is 20.0 Å². The third-order valence-electron chi connectivity index (χ3n) is 9.17. The van der Waals surface area contributed by atoms with E-state index in [-0.39, 0.29) is 22.6 Å². The van der Waals surface area contributed by atoms with Gasteiger partial charge in [-0.2, -0.15) is 8.61 Å². The van der Waals surface area contributed by atoms with Gasteiger partial charge in [-0.1, -0.05) is 75.4 Å². The normalized spacial score (nSPS) is 25.9. The molecule has 6 nitrogen and oxygen atoms in total. The van der Waals surface area contributed by atoms with Crippen LogP contribution in [0.2, 0.25) is 0 Å². The molecule has 3 aromatic rings. The molecule has 0 amide bonds. The summed E-state index contributed by atoms with van der Waals surface area (Å²) in [6, 6.07) is 22.6. The zero-order chi connectivity index (χ0) is 31.3. The summed E-state index contributed by atoms with van der Waals surface area (Å²) in [5.74, 6) is 0. The third kappa shape index (κ3) is 6.03. The lowest BCUT2D eigenvalue weighted by Gasteiger charge is -2.54. The average Bonchev–Trinajstić information content (AvgIpc) is 2.96. The molecule has 229 valence electrons. The van der Waals surface area contributed by atoms with E-state index in [0.29, 0.717) is 36.0 Å². The molecule has 0 aliphatic carbocycles. The summed E-state index contributed by atoms with van der Waals surface area (Å²) in [5.41, 5.74) is 2.27. The van der Waals surface area contributed by atoms with Crippen LogP contribution < -0.4 is 10.6 Å². The Kier molecular flexibility index (Phi) is 9.38. The minimum absolute atomic E-state index is 0.0264. The van der Waals surface area contributed by atoms with Gasteiger partial charge in [-0.25, -0.2) is 24.0 Å². The highest BCUT2D eigenvalue weighted by atomic mass is 32.2. The molecule has 0 unspecified atom stereocenters. The fraction of sp³-hybridized carbons (Fsp3) is 0.438. The summed E-state index contributed by atoms with van der Waals surface area (Å²) in [4.78, 5) is 0.658. The van der Waals surface area contributed by atoms with E-state index in [0.717, 1.165) is 11.1 Å². The zero-order valence-electron chi connectivity index (χ0n) is 25.9. The van der Waals surface area contributed by atoms with Crippen molar-refractivity contribution in [3.63, 3.8) is 0 Å². The Balaban J connectivity index is 1.42. The topological polar surface area (TPSA) is 74.8 Å². The van der Waals surface area contributed by atoms with Crippen LogP contribution >= 0.6 is 15.1 Å². The quantitative estimate of drug-likeness (QED) is 0.274. The monoisotopic (exact) mass is 655 g/mol. The number of hydrogen-bond donors (Lipinski definition) is 0. The van der Waals surface area contributed by atoms with Crippen molar-refractivity contribution >= 4 is 53.3 Å². The van der Waals surface area contributed by atoms with Crippen LogP contribution in [-0.4, -0.2) is 81.8 Å². The molecule has 0 aromatic heterocycles. The standard InChI is InChI=1S/C32H42BN2O4P2S2/c1-23-11-15-29(16-12-23)42(36,37)34-19-25(3)40(26(4)20-34)31-9-7-8-10-32(31)41(33)27(5)21-35(22-28(41)6)43(38,39)30-17-13-24(2)14-18-30/h7-18,25-28H,19-22H2,1-6H3/t25-,26-,27-,28-/m1/s1. The Bertz CT molecular complexity index is 1660. The Morgan fingerprint density at radius 3 is 1.49 bits per heavy atom. The largest absolute Gasteiger partial charge is 0.298 e. The summed E-state index contributed by atoms with van der Waals surface area (Å²) < 4.78 is 57.7. The van der Waals surface area contributed by atoms with Crippen LogP contribution in [0, 0.1) is 13.8 Å². The molecule has 2 fully saturated rings.